The molecule has 0 saturated heterocycles. The van der Waals surface area contributed by atoms with Gasteiger partial charge in [0.15, 0.2) is 5.78 Å². The Morgan fingerprint density at radius 2 is 1.84 bits per heavy atom. The number of carbonyl (C=O) groups is 2. The van der Waals surface area contributed by atoms with Gasteiger partial charge in [-0.15, -0.1) is 34.0 Å². The van der Waals surface area contributed by atoms with Crippen LogP contribution in [0.15, 0.2) is 46.5 Å². The van der Waals surface area contributed by atoms with E-state index in [1.54, 1.807) is 22.7 Å². The zero-order valence-corrected chi connectivity index (χ0v) is 16.0. The van der Waals surface area contributed by atoms with E-state index in [4.69, 9.17) is 0 Å². The molecule has 1 atom stereocenters. The number of ketones is 1. The molecule has 0 aromatic carbocycles. The Hall–Kier alpha value is -1.76. The normalized spacial score (nSPS) is 16.6. The number of thiophene rings is 3. The van der Waals surface area contributed by atoms with Crippen molar-refractivity contribution < 1.29 is 9.59 Å². The maximum Gasteiger partial charge on any atom is 0.223 e. The summed E-state index contributed by atoms with van der Waals surface area (Å²) in [5.74, 6) is 0.129. The third-order valence-electron chi connectivity index (χ3n) is 4.46. The molecule has 0 radical (unpaired) electrons. The molecule has 1 aliphatic rings. The molecular formula is C19H17NO2S3. The van der Waals surface area contributed by atoms with Gasteiger partial charge < -0.3 is 4.90 Å². The van der Waals surface area contributed by atoms with Crippen LogP contribution >= 0.6 is 34.0 Å². The molecule has 0 aliphatic carbocycles. The van der Waals surface area contributed by atoms with Gasteiger partial charge in [-0.2, -0.15) is 0 Å². The maximum atomic E-state index is 12.9. The predicted molar refractivity (Wildman–Crippen MR) is 104 cm³/mol. The van der Waals surface area contributed by atoms with Gasteiger partial charge in [-0.1, -0.05) is 12.1 Å². The molecule has 1 aliphatic heterocycles. The predicted octanol–water partition coefficient (Wildman–Crippen LogP) is 5.01. The number of amides is 1. The summed E-state index contributed by atoms with van der Waals surface area (Å²) in [6.45, 7) is 0.724. The van der Waals surface area contributed by atoms with E-state index in [1.165, 1.54) is 26.7 Å². The van der Waals surface area contributed by atoms with Crippen LogP contribution in [0.25, 0.3) is 0 Å². The lowest BCUT2D eigenvalue weighted by molar-refractivity contribution is -0.133. The van der Waals surface area contributed by atoms with Gasteiger partial charge in [-0.05, 0) is 46.3 Å². The molecule has 4 rings (SSSR count). The summed E-state index contributed by atoms with van der Waals surface area (Å²) in [7, 11) is 0. The minimum atomic E-state index is -0.000611. The number of Topliss-reactive ketones (excluding diaryl/α,β-unsaturated/α-hetero) is 1. The van der Waals surface area contributed by atoms with Gasteiger partial charge in [0.25, 0.3) is 0 Å². The highest BCUT2D eigenvalue weighted by atomic mass is 32.1. The van der Waals surface area contributed by atoms with Crippen LogP contribution in [-0.4, -0.2) is 23.1 Å². The van der Waals surface area contributed by atoms with Crippen LogP contribution in [0, 0.1) is 0 Å². The summed E-state index contributed by atoms with van der Waals surface area (Å²) in [5, 5.41) is 6.06. The second-order valence-corrected chi connectivity index (χ2v) is 8.88. The zero-order valence-electron chi connectivity index (χ0n) is 13.5. The van der Waals surface area contributed by atoms with Crippen LogP contribution in [0.5, 0.6) is 0 Å². The molecule has 0 spiro atoms. The van der Waals surface area contributed by atoms with Crippen molar-refractivity contribution in [2.45, 2.75) is 25.3 Å². The highest BCUT2D eigenvalue weighted by Gasteiger charge is 2.33. The standard InChI is InChI=1S/C19H17NO2S3/c21-14(16-3-1-10-23-16)5-6-18(22)20-9-7-15-13(8-12-25-15)19(20)17-4-2-11-24-17/h1-4,8,10-12,19H,5-7,9H2/t19-/m0/s1. The van der Waals surface area contributed by atoms with Gasteiger partial charge in [-0.25, -0.2) is 0 Å². The fourth-order valence-corrected chi connectivity index (χ4v) is 5.72. The smallest absolute Gasteiger partial charge is 0.223 e. The summed E-state index contributed by atoms with van der Waals surface area (Å²) >= 11 is 4.89. The summed E-state index contributed by atoms with van der Waals surface area (Å²) < 4.78 is 0. The molecule has 3 aromatic rings. The third kappa shape index (κ3) is 3.34. The van der Waals surface area contributed by atoms with Crippen LogP contribution in [0.3, 0.4) is 0 Å². The molecule has 3 aromatic heterocycles. The second-order valence-electron chi connectivity index (χ2n) is 5.95. The molecule has 3 nitrogen and oxygen atoms in total. The largest absolute Gasteiger partial charge is 0.330 e. The van der Waals surface area contributed by atoms with E-state index >= 15 is 0 Å². The van der Waals surface area contributed by atoms with Crippen molar-refractivity contribution in [2.24, 2.45) is 0 Å². The Morgan fingerprint density at radius 3 is 2.60 bits per heavy atom. The molecule has 4 heterocycles. The number of rotatable bonds is 5. The Kier molecular flexibility index (Phi) is 4.83. The van der Waals surface area contributed by atoms with Gasteiger partial charge >= 0.3 is 0 Å². The SMILES string of the molecule is O=C(CCC(=O)N1CCc2sccc2[C@H]1c1cccs1)c1cccs1. The van der Waals surface area contributed by atoms with E-state index in [9.17, 15) is 9.59 Å². The van der Waals surface area contributed by atoms with E-state index in [-0.39, 0.29) is 30.6 Å². The van der Waals surface area contributed by atoms with Gasteiger partial charge in [0.2, 0.25) is 5.91 Å². The molecule has 0 unspecified atom stereocenters. The van der Waals surface area contributed by atoms with Crippen molar-refractivity contribution in [2.75, 3.05) is 6.54 Å². The maximum absolute atomic E-state index is 12.9. The van der Waals surface area contributed by atoms with Gasteiger partial charge in [-0.3, -0.25) is 9.59 Å². The van der Waals surface area contributed by atoms with Crippen LogP contribution in [-0.2, 0) is 11.2 Å². The van der Waals surface area contributed by atoms with E-state index < -0.39 is 0 Å². The van der Waals surface area contributed by atoms with Crippen molar-refractivity contribution in [3.63, 3.8) is 0 Å². The van der Waals surface area contributed by atoms with Crippen molar-refractivity contribution >= 4 is 45.7 Å². The Bertz CT molecular complexity index is 865. The number of nitrogens with zero attached hydrogens (tertiary/aromatic N) is 1. The fourth-order valence-electron chi connectivity index (χ4n) is 3.26. The van der Waals surface area contributed by atoms with Gasteiger partial charge in [0.1, 0.15) is 0 Å². The molecule has 0 N–H and O–H groups in total. The lowest BCUT2D eigenvalue weighted by Gasteiger charge is -2.35. The number of hydrogen-bond acceptors (Lipinski definition) is 5. The number of hydrogen-bond donors (Lipinski definition) is 0. The summed E-state index contributed by atoms with van der Waals surface area (Å²) in [6, 6.07) is 9.96. The average molecular weight is 388 g/mol. The highest BCUT2D eigenvalue weighted by Crippen LogP contribution is 2.39. The van der Waals surface area contributed by atoms with Crippen molar-refractivity contribution in [1.82, 2.24) is 4.90 Å². The second kappa shape index (κ2) is 7.23. The first kappa shape index (κ1) is 16.7. The lowest BCUT2D eigenvalue weighted by atomic mass is 9.97. The Morgan fingerprint density at radius 1 is 1.00 bits per heavy atom. The van der Waals surface area contributed by atoms with E-state index in [0.29, 0.717) is 0 Å². The molecular weight excluding hydrogens is 370 g/mol. The van der Waals surface area contributed by atoms with Crippen LogP contribution in [0.2, 0.25) is 0 Å². The molecule has 128 valence electrons. The zero-order chi connectivity index (χ0) is 17.2. The summed E-state index contributed by atoms with van der Waals surface area (Å²) in [5.41, 5.74) is 1.25. The van der Waals surface area contributed by atoms with Crippen LogP contribution < -0.4 is 0 Å². The molecule has 1 amide bonds. The first-order valence-electron chi connectivity index (χ1n) is 8.20. The highest BCUT2D eigenvalue weighted by molar-refractivity contribution is 7.12. The van der Waals surface area contributed by atoms with E-state index in [1.807, 2.05) is 28.5 Å². The van der Waals surface area contributed by atoms with Crippen molar-refractivity contribution in [1.29, 1.82) is 0 Å². The first-order chi connectivity index (χ1) is 12.2. The molecule has 6 heteroatoms. The number of carbonyl (C=O) groups excluding carboxylic acids is 2. The Balaban J connectivity index is 1.52. The number of fused-ring (bicyclic) bond motifs is 1. The monoisotopic (exact) mass is 387 g/mol. The quantitative estimate of drug-likeness (QED) is 0.577. The molecule has 0 fully saturated rings. The fraction of sp³-hybridized carbons (Fsp3) is 0.263. The molecule has 0 bridgehead atoms. The van der Waals surface area contributed by atoms with Crippen LogP contribution in [0.4, 0.5) is 0 Å². The minimum Gasteiger partial charge on any atom is -0.330 e. The van der Waals surface area contributed by atoms with Gasteiger partial charge in [0, 0.05) is 29.1 Å². The minimum absolute atomic E-state index is 0.000611. The molecule has 0 saturated carbocycles. The van der Waals surface area contributed by atoms with E-state index in [0.717, 1.165) is 17.8 Å². The third-order valence-corrected chi connectivity index (χ3v) is 7.29. The first-order valence-corrected chi connectivity index (χ1v) is 10.8. The lowest BCUT2D eigenvalue weighted by Crippen LogP contribution is -2.39. The Labute approximate surface area is 158 Å². The van der Waals surface area contributed by atoms with Crippen molar-refractivity contribution in [3.05, 3.63) is 66.7 Å². The topological polar surface area (TPSA) is 37.4 Å². The average Bonchev–Trinajstić information content (AvgIpc) is 3.39. The molecule has 25 heavy (non-hydrogen) atoms. The van der Waals surface area contributed by atoms with E-state index in [2.05, 4.69) is 22.9 Å². The van der Waals surface area contributed by atoms with Gasteiger partial charge in [0.05, 0.1) is 10.9 Å². The van der Waals surface area contributed by atoms with Crippen molar-refractivity contribution in [3.8, 4) is 0 Å². The van der Waals surface area contributed by atoms with Crippen LogP contribution in [0.1, 0.15) is 43.9 Å². The summed E-state index contributed by atoms with van der Waals surface area (Å²) in [6.07, 6.45) is 1.46. The summed E-state index contributed by atoms with van der Waals surface area (Å²) in [4.78, 5) is 30.4.